The number of nitrogens with zero attached hydrogens (tertiary/aromatic N) is 1. The minimum absolute atomic E-state index is 0.133. The van der Waals surface area contributed by atoms with Gasteiger partial charge in [0.2, 0.25) is 15.9 Å². The second-order valence-corrected chi connectivity index (χ2v) is 9.98. The maximum Gasteiger partial charge on any atom is 0.338 e. The Morgan fingerprint density at radius 3 is 2.18 bits per heavy atom. The number of amides is 1. The van der Waals surface area contributed by atoms with Gasteiger partial charge in [0.1, 0.15) is 5.75 Å². The van der Waals surface area contributed by atoms with Gasteiger partial charge >= 0.3 is 5.97 Å². The van der Waals surface area contributed by atoms with Gasteiger partial charge in [-0.15, -0.1) is 0 Å². The van der Waals surface area contributed by atoms with E-state index in [1.165, 1.54) is 16.4 Å². The van der Waals surface area contributed by atoms with Crippen LogP contribution in [0, 0.1) is 0 Å². The zero-order valence-corrected chi connectivity index (χ0v) is 20.5. The molecule has 0 radical (unpaired) electrons. The van der Waals surface area contributed by atoms with Gasteiger partial charge in [-0.25, -0.2) is 13.2 Å². The van der Waals surface area contributed by atoms with Crippen LogP contribution in [0.2, 0.25) is 0 Å². The van der Waals surface area contributed by atoms with E-state index in [1.807, 2.05) is 6.92 Å². The summed E-state index contributed by atoms with van der Waals surface area (Å²) in [6.45, 7) is 4.06. The smallest absolute Gasteiger partial charge is 0.338 e. The maximum atomic E-state index is 13.5. The molecule has 0 heterocycles. The molecule has 1 amide bonds. The fourth-order valence-electron chi connectivity index (χ4n) is 4.04. The molecule has 2 aromatic rings. The number of benzene rings is 2. The maximum absolute atomic E-state index is 13.5. The van der Waals surface area contributed by atoms with Crippen LogP contribution in [0.5, 0.6) is 5.75 Å². The van der Waals surface area contributed by atoms with Crippen molar-refractivity contribution in [3.63, 3.8) is 0 Å². The number of carbonyl (C=O) groups excluding carboxylic acids is 2. The molecule has 1 fully saturated rings. The summed E-state index contributed by atoms with van der Waals surface area (Å²) in [6, 6.07) is 12.4. The van der Waals surface area contributed by atoms with Crippen molar-refractivity contribution in [3.8, 4) is 5.75 Å². The van der Waals surface area contributed by atoms with Crippen LogP contribution in [0.25, 0.3) is 0 Å². The first-order valence-electron chi connectivity index (χ1n) is 11.7. The van der Waals surface area contributed by atoms with Gasteiger partial charge in [-0.3, -0.25) is 4.79 Å². The van der Waals surface area contributed by atoms with Gasteiger partial charge < -0.3 is 14.8 Å². The van der Waals surface area contributed by atoms with Gasteiger partial charge in [-0.1, -0.05) is 19.3 Å². The number of rotatable bonds is 10. The fraction of sp³-hybridized carbons (Fsp3) is 0.440. The van der Waals surface area contributed by atoms with Crippen LogP contribution in [0.3, 0.4) is 0 Å². The van der Waals surface area contributed by atoms with Crippen LogP contribution < -0.4 is 10.1 Å². The number of esters is 1. The van der Waals surface area contributed by atoms with Crippen LogP contribution in [-0.2, 0) is 19.6 Å². The third-order valence-electron chi connectivity index (χ3n) is 5.70. The fourth-order valence-corrected chi connectivity index (χ4v) is 5.68. The Morgan fingerprint density at radius 2 is 1.59 bits per heavy atom. The lowest BCUT2D eigenvalue weighted by Crippen LogP contribution is -2.45. The van der Waals surface area contributed by atoms with Crippen LogP contribution in [-0.4, -0.2) is 50.4 Å². The average Bonchev–Trinajstić information content (AvgIpc) is 2.84. The minimum atomic E-state index is -3.89. The SMILES string of the molecule is CCOC(=O)c1ccc(NC(=O)CN(C2CCCCC2)S(=O)(=O)c2ccc(OCC)cc2)cc1. The summed E-state index contributed by atoms with van der Waals surface area (Å²) in [5.74, 6) is -0.288. The number of carbonyl (C=O) groups is 2. The lowest BCUT2D eigenvalue weighted by molar-refractivity contribution is -0.116. The Labute approximate surface area is 201 Å². The summed E-state index contributed by atoms with van der Waals surface area (Å²) in [5, 5.41) is 2.74. The molecule has 1 aliphatic rings. The summed E-state index contributed by atoms with van der Waals surface area (Å²) in [6.07, 6.45) is 4.36. The van der Waals surface area contributed by atoms with Crippen molar-refractivity contribution in [2.75, 3.05) is 25.1 Å². The van der Waals surface area contributed by atoms with Crippen LogP contribution in [0.15, 0.2) is 53.4 Å². The minimum Gasteiger partial charge on any atom is -0.494 e. The Kier molecular flexibility index (Phi) is 9.06. The molecule has 0 bridgehead atoms. The first-order chi connectivity index (χ1) is 16.3. The van der Waals surface area contributed by atoms with E-state index in [4.69, 9.17) is 9.47 Å². The molecule has 8 nitrogen and oxygen atoms in total. The highest BCUT2D eigenvalue weighted by Crippen LogP contribution is 2.28. The first kappa shape index (κ1) is 25.7. The van der Waals surface area contributed by atoms with E-state index in [0.717, 1.165) is 32.1 Å². The quantitative estimate of drug-likeness (QED) is 0.502. The van der Waals surface area contributed by atoms with E-state index in [0.29, 0.717) is 23.6 Å². The second-order valence-electron chi connectivity index (χ2n) is 8.09. The molecule has 184 valence electrons. The van der Waals surface area contributed by atoms with Gasteiger partial charge in [0.25, 0.3) is 0 Å². The molecule has 0 atom stereocenters. The summed E-state index contributed by atoms with van der Waals surface area (Å²) in [5.41, 5.74) is 0.849. The Bertz CT molecular complexity index is 1060. The average molecular weight is 489 g/mol. The predicted molar refractivity (Wildman–Crippen MR) is 129 cm³/mol. The van der Waals surface area contributed by atoms with E-state index < -0.39 is 21.9 Å². The number of hydrogen-bond donors (Lipinski definition) is 1. The molecular formula is C25H32N2O6S. The summed E-state index contributed by atoms with van der Waals surface area (Å²) < 4.78 is 38.7. The standard InChI is InChI=1S/C25H32N2O6S/c1-3-32-22-14-16-23(17-15-22)34(30,31)27(21-8-6-5-7-9-21)18-24(28)26-20-12-10-19(11-13-20)25(29)33-4-2/h10-17,21H,3-9,18H2,1-2H3,(H,26,28). The number of hydrogen-bond acceptors (Lipinski definition) is 6. The number of nitrogens with one attached hydrogen (secondary N) is 1. The van der Waals surface area contributed by atoms with E-state index in [2.05, 4.69) is 5.32 Å². The summed E-state index contributed by atoms with van der Waals surface area (Å²) in [4.78, 5) is 24.8. The van der Waals surface area contributed by atoms with Gasteiger partial charge in [0.05, 0.1) is 30.2 Å². The Balaban J connectivity index is 1.76. The first-order valence-corrected chi connectivity index (χ1v) is 13.1. The highest BCUT2D eigenvalue weighted by molar-refractivity contribution is 7.89. The zero-order chi connectivity index (χ0) is 24.6. The predicted octanol–water partition coefficient (Wildman–Crippen LogP) is 4.22. The van der Waals surface area contributed by atoms with Crippen molar-refractivity contribution in [2.45, 2.75) is 56.9 Å². The van der Waals surface area contributed by atoms with E-state index in [-0.39, 0.29) is 24.1 Å². The molecule has 34 heavy (non-hydrogen) atoms. The molecule has 0 spiro atoms. The molecule has 1 aliphatic carbocycles. The lowest BCUT2D eigenvalue weighted by atomic mass is 9.95. The number of sulfonamides is 1. The van der Waals surface area contributed by atoms with Crippen LogP contribution >= 0.6 is 0 Å². The van der Waals surface area contributed by atoms with E-state index in [1.54, 1.807) is 43.3 Å². The monoisotopic (exact) mass is 488 g/mol. The molecule has 0 aromatic heterocycles. The Morgan fingerprint density at radius 1 is 0.941 bits per heavy atom. The van der Waals surface area contributed by atoms with Crippen LogP contribution in [0.1, 0.15) is 56.3 Å². The highest BCUT2D eigenvalue weighted by Gasteiger charge is 2.34. The van der Waals surface area contributed by atoms with Crippen molar-refractivity contribution < 1.29 is 27.5 Å². The molecule has 0 unspecified atom stereocenters. The molecule has 0 saturated heterocycles. The number of ether oxygens (including phenoxy) is 2. The van der Waals surface area contributed by atoms with Crippen molar-refractivity contribution in [3.05, 3.63) is 54.1 Å². The topological polar surface area (TPSA) is 102 Å². The molecule has 0 aliphatic heterocycles. The summed E-state index contributed by atoms with van der Waals surface area (Å²) in [7, 11) is -3.89. The van der Waals surface area contributed by atoms with Gasteiger partial charge in [0, 0.05) is 11.7 Å². The third-order valence-corrected chi connectivity index (χ3v) is 7.62. The van der Waals surface area contributed by atoms with Gasteiger partial charge in [-0.05, 0) is 75.2 Å². The normalized spacial score (nSPS) is 14.6. The number of anilines is 1. The second kappa shape index (κ2) is 12.0. The third kappa shape index (κ3) is 6.57. The van der Waals surface area contributed by atoms with Crippen molar-refractivity contribution >= 4 is 27.6 Å². The van der Waals surface area contributed by atoms with Crippen molar-refractivity contribution in [2.24, 2.45) is 0 Å². The molecule has 1 N–H and O–H groups in total. The van der Waals surface area contributed by atoms with Gasteiger partial charge in [-0.2, -0.15) is 4.31 Å². The molecule has 2 aromatic carbocycles. The largest absolute Gasteiger partial charge is 0.494 e. The molecule has 9 heteroatoms. The van der Waals surface area contributed by atoms with Crippen LogP contribution in [0.4, 0.5) is 5.69 Å². The van der Waals surface area contributed by atoms with E-state index >= 15 is 0 Å². The Hall–Kier alpha value is -2.91. The zero-order valence-electron chi connectivity index (χ0n) is 19.7. The highest BCUT2D eigenvalue weighted by atomic mass is 32.2. The van der Waals surface area contributed by atoms with Gasteiger partial charge in [0.15, 0.2) is 0 Å². The molecule has 3 rings (SSSR count). The van der Waals surface area contributed by atoms with Crippen molar-refractivity contribution in [1.82, 2.24) is 4.31 Å². The lowest BCUT2D eigenvalue weighted by Gasteiger charge is -2.33. The molecular weight excluding hydrogens is 456 g/mol. The molecule has 1 saturated carbocycles. The summed E-state index contributed by atoms with van der Waals surface area (Å²) >= 11 is 0. The van der Waals surface area contributed by atoms with Crippen molar-refractivity contribution in [1.29, 1.82) is 0 Å². The van der Waals surface area contributed by atoms with E-state index in [9.17, 15) is 18.0 Å².